The second-order valence-electron chi connectivity index (χ2n) is 3.89. The molecule has 0 aliphatic rings. The Bertz CT molecular complexity index is 646. The van der Waals surface area contributed by atoms with E-state index in [2.05, 4.69) is 15.3 Å². The summed E-state index contributed by atoms with van der Waals surface area (Å²) in [6.45, 7) is 1.67. The Morgan fingerprint density at radius 3 is 2.74 bits per heavy atom. The molecule has 0 saturated heterocycles. The number of hydrogen-bond donors (Lipinski definition) is 1. The quantitative estimate of drug-likeness (QED) is 0.679. The summed E-state index contributed by atoms with van der Waals surface area (Å²) in [7, 11) is 1.61. The van der Waals surface area contributed by atoms with Gasteiger partial charge in [0.2, 0.25) is 5.95 Å². The number of benzene rings is 1. The Kier molecular flexibility index (Phi) is 3.37. The van der Waals surface area contributed by atoms with Crippen LogP contribution in [0.15, 0.2) is 24.4 Å². The van der Waals surface area contributed by atoms with E-state index in [1.165, 1.54) is 18.2 Å². The maximum absolute atomic E-state index is 13.1. The van der Waals surface area contributed by atoms with Crippen molar-refractivity contribution in [1.82, 2.24) is 9.97 Å². The molecular formula is C12H11FN4O2. The molecule has 2 aromatic rings. The van der Waals surface area contributed by atoms with E-state index in [-0.39, 0.29) is 17.3 Å². The molecule has 1 N–H and O–H groups in total. The zero-order chi connectivity index (χ0) is 14.0. The Hall–Kier alpha value is -2.57. The van der Waals surface area contributed by atoms with Crippen LogP contribution in [0.1, 0.15) is 5.56 Å². The molecule has 19 heavy (non-hydrogen) atoms. The van der Waals surface area contributed by atoms with Crippen LogP contribution in [0, 0.1) is 22.9 Å². The Balaban J connectivity index is 2.68. The summed E-state index contributed by atoms with van der Waals surface area (Å²) < 4.78 is 13.1. The average Bonchev–Trinajstić information content (AvgIpc) is 2.38. The summed E-state index contributed by atoms with van der Waals surface area (Å²) in [5.41, 5.74) is 1.03. The zero-order valence-electron chi connectivity index (χ0n) is 10.3. The highest BCUT2D eigenvalue weighted by molar-refractivity contribution is 5.72. The molecule has 0 saturated carbocycles. The number of hydrogen-bond acceptors (Lipinski definition) is 5. The van der Waals surface area contributed by atoms with Gasteiger partial charge in [-0.2, -0.15) is 0 Å². The molecule has 0 fully saturated rings. The minimum Gasteiger partial charge on any atom is -0.357 e. The van der Waals surface area contributed by atoms with Gasteiger partial charge in [0.25, 0.3) is 0 Å². The molecule has 0 unspecified atom stereocenters. The predicted molar refractivity (Wildman–Crippen MR) is 68.4 cm³/mol. The minimum absolute atomic E-state index is 0.168. The van der Waals surface area contributed by atoms with Crippen molar-refractivity contribution < 1.29 is 9.31 Å². The fourth-order valence-electron chi connectivity index (χ4n) is 1.72. The Morgan fingerprint density at radius 1 is 1.42 bits per heavy atom. The largest absolute Gasteiger partial charge is 0.357 e. The van der Waals surface area contributed by atoms with Crippen LogP contribution in [-0.4, -0.2) is 21.9 Å². The van der Waals surface area contributed by atoms with E-state index < -0.39 is 10.7 Å². The summed E-state index contributed by atoms with van der Waals surface area (Å²) >= 11 is 0. The molecule has 0 atom stereocenters. The van der Waals surface area contributed by atoms with E-state index in [1.807, 2.05) is 0 Å². The number of nitro groups is 1. The Morgan fingerprint density at radius 2 is 2.16 bits per heavy atom. The Labute approximate surface area is 108 Å². The molecule has 0 amide bonds. The van der Waals surface area contributed by atoms with E-state index in [4.69, 9.17) is 0 Å². The van der Waals surface area contributed by atoms with Crippen molar-refractivity contribution in [2.45, 2.75) is 6.92 Å². The fourth-order valence-corrected chi connectivity index (χ4v) is 1.72. The smallest absolute Gasteiger partial charge is 0.313 e. The molecule has 2 rings (SSSR count). The first-order valence-electron chi connectivity index (χ1n) is 5.48. The first-order chi connectivity index (χ1) is 9.02. The second kappa shape index (κ2) is 4.97. The minimum atomic E-state index is -0.558. The van der Waals surface area contributed by atoms with Crippen molar-refractivity contribution >= 4 is 11.6 Å². The molecule has 0 bridgehead atoms. The number of nitrogens with zero attached hydrogens (tertiary/aromatic N) is 3. The molecule has 7 heteroatoms. The highest BCUT2D eigenvalue weighted by Gasteiger charge is 2.20. The number of rotatable bonds is 3. The van der Waals surface area contributed by atoms with Gasteiger partial charge in [0.15, 0.2) is 5.69 Å². The monoisotopic (exact) mass is 262 g/mol. The topological polar surface area (TPSA) is 81.0 Å². The van der Waals surface area contributed by atoms with E-state index in [0.29, 0.717) is 11.1 Å². The van der Waals surface area contributed by atoms with Crippen molar-refractivity contribution in [2.24, 2.45) is 0 Å². The summed E-state index contributed by atoms with van der Waals surface area (Å²) in [4.78, 5) is 18.3. The van der Waals surface area contributed by atoms with Crippen molar-refractivity contribution in [2.75, 3.05) is 12.4 Å². The van der Waals surface area contributed by atoms with Crippen LogP contribution in [0.5, 0.6) is 0 Å². The lowest BCUT2D eigenvalue weighted by Gasteiger charge is -2.07. The summed E-state index contributed by atoms with van der Waals surface area (Å²) in [5.74, 6) is -0.129. The van der Waals surface area contributed by atoms with Crippen LogP contribution in [-0.2, 0) is 0 Å². The fraction of sp³-hybridized carbons (Fsp3) is 0.167. The number of nitrogens with one attached hydrogen (secondary N) is 1. The van der Waals surface area contributed by atoms with E-state index in [9.17, 15) is 14.5 Å². The van der Waals surface area contributed by atoms with Gasteiger partial charge in [0.1, 0.15) is 12.0 Å². The van der Waals surface area contributed by atoms with Crippen LogP contribution < -0.4 is 5.32 Å². The van der Waals surface area contributed by atoms with Gasteiger partial charge < -0.3 is 5.32 Å². The average molecular weight is 262 g/mol. The van der Waals surface area contributed by atoms with E-state index >= 15 is 0 Å². The lowest BCUT2D eigenvalue weighted by molar-refractivity contribution is -0.384. The highest BCUT2D eigenvalue weighted by atomic mass is 19.1. The molecule has 1 aromatic carbocycles. The summed E-state index contributed by atoms with van der Waals surface area (Å²) in [6, 6.07) is 4.02. The SMILES string of the molecule is CNc1ncc([N+](=O)[O-])c(-c2ccc(F)cc2C)n1. The third-order valence-electron chi connectivity index (χ3n) is 2.63. The van der Waals surface area contributed by atoms with Crippen LogP contribution in [0.2, 0.25) is 0 Å². The van der Waals surface area contributed by atoms with E-state index in [0.717, 1.165) is 6.20 Å². The maximum atomic E-state index is 13.1. The van der Waals surface area contributed by atoms with Crippen molar-refractivity contribution in [3.8, 4) is 11.3 Å². The van der Waals surface area contributed by atoms with Gasteiger partial charge in [-0.3, -0.25) is 10.1 Å². The van der Waals surface area contributed by atoms with Gasteiger partial charge in [-0.25, -0.2) is 14.4 Å². The molecule has 0 radical (unpaired) electrons. The molecule has 0 aliphatic heterocycles. The second-order valence-corrected chi connectivity index (χ2v) is 3.89. The van der Waals surface area contributed by atoms with Crippen molar-refractivity contribution in [3.05, 3.63) is 45.9 Å². The first kappa shape index (κ1) is 12.9. The van der Waals surface area contributed by atoms with Gasteiger partial charge in [-0.15, -0.1) is 0 Å². The molecule has 0 spiro atoms. The summed E-state index contributed by atoms with van der Waals surface area (Å²) in [6.07, 6.45) is 1.14. The van der Waals surface area contributed by atoms with Gasteiger partial charge in [-0.1, -0.05) is 0 Å². The molecule has 98 valence electrons. The van der Waals surface area contributed by atoms with E-state index in [1.54, 1.807) is 14.0 Å². The number of aryl methyl sites for hydroxylation is 1. The van der Waals surface area contributed by atoms with Crippen LogP contribution in [0.25, 0.3) is 11.3 Å². The third-order valence-corrected chi connectivity index (χ3v) is 2.63. The maximum Gasteiger partial charge on any atom is 0.313 e. The van der Waals surface area contributed by atoms with Gasteiger partial charge in [0.05, 0.1) is 4.92 Å². The third kappa shape index (κ3) is 2.49. The lowest BCUT2D eigenvalue weighted by Crippen LogP contribution is -2.02. The van der Waals surface area contributed by atoms with Gasteiger partial charge >= 0.3 is 5.69 Å². The van der Waals surface area contributed by atoms with Crippen LogP contribution in [0.4, 0.5) is 16.0 Å². The lowest BCUT2D eigenvalue weighted by atomic mass is 10.0. The number of halogens is 1. The number of anilines is 1. The number of aromatic nitrogens is 2. The van der Waals surface area contributed by atoms with Gasteiger partial charge in [0, 0.05) is 12.6 Å². The molecule has 1 heterocycles. The molecule has 0 aliphatic carbocycles. The molecule has 6 nitrogen and oxygen atoms in total. The first-order valence-corrected chi connectivity index (χ1v) is 5.48. The normalized spacial score (nSPS) is 10.3. The zero-order valence-corrected chi connectivity index (χ0v) is 10.3. The highest BCUT2D eigenvalue weighted by Crippen LogP contribution is 2.30. The van der Waals surface area contributed by atoms with Gasteiger partial charge in [-0.05, 0) is 30.7 Å². The summed E-state index contributed by atoms with van der Waals surface area (Å²) in [5, 5.41) is 13.7. The van der Waals surface area contributed by atoms with Crippen molar-refractivity contribution in [3.63, 3.8) is 0 Å². The predicted octanol–water partition coefficient (Wildman–Crippen LogP) is 2.54. The van der Waals surface area contributed by atoms with Crippen LogP contribution >= 0.6 is 0 Å². The van der Waals surface area contributed by atoms with Crippen LogP contribution in [0.3, 0.4) is 0 Å². The molecular weight excluding hydrogens is 251 g/mol. The molecule has 1 aromatic heterocycles. The standard InChI is InChI=1S/C12H11FN4O2/c1-7-5-8(13)3-4-9(7)11-10(17(18)19)6-15-12(14-2)16-11/h3-6H,1-2H3,(H,14,15,16). The van der Waals surface area contributed by atoms with Crippen molar-refractivity contribution in [1.29, 1.82) is 0 Å².